The van der Waals surface area contributed by atoms with Crippen LogP contribution in [0.1, 0.15) is 43.3 Å². The summed E-state index contributed by atoms with van der Waals surface area (Å²) >= 11 is 3.95. The zero-order valence-corrected chi connectivity index (χ0v) is 13.7. The first-order valence-corrected chi connectivity index (χ1v) is 9.03. The van der Waals surface area contributed by atoms with Crippen LogP contribution < -0.4 is 5.32 Å². The molecule has 0 spiro atoms. The molecule has 1 N–H and O–H groups in total. The highest BCUT2D eigenvalue weighted by Crippen LogP contribution is 2.43. The number of ether oxygens (including phenoxy) is 1. The predicted octanol–water partition coefficient (Wildman–Crippen LogP) is 2.42. The Morgan fingerprint density at radius 1 is 1.35 bits per heavy atom. The summed E-state index contributed by atoms with van der Waals surface area (Å²) in [5.74, 6) is 2.61. The Bertz CT molecular complexity index is 457. The molecule has 5 unspecified atom stereocenters. The van der Waals surface area contributed by atoms with Gasteiger partial charge in [-0.1, -0.05) is 19.0 Å². The van der Waals surface area contributed by atoms with Crippen molar-refractivity contribution in [1.29, 1.82) is 0 Å². The molecule has 3 heterocycles. The number of hydrogen-bond donors (Lipinski definition) is 1. The highest BCUT2D eigenvalue weighted by atomic mass is 32.2. The quantitative estimate of drug-likeness (QED) is 0.919. The molecule has 2 aliphatic rings. The lowest BCUT2D eigenvalue weighted by atomic mass is 10.2. The lowest BCUT2D eigenvalue weighted by Crippen LogP contribution is -2.22. The van der Waals surface area contributed by atoms with Gasteiger partial charge in [-0.05, 0) is 6.42 Å². The first-order valence-electron chi connectivity index (χ1n) is 7.04. The van der Waals surface area contributed by atoms with Gasteiger partial charge in [-0.25, -0.2) is 0 Å². The average molecular weight is 315 g/mol. The van der Waals surface area contributed by atoms with Gasteiger partial charge in [-0.2, -0.15) is 16.7 Å². The van der Waals surface area contributed by atoms with Gasteiger partial charge < -0.3 is 14.6 Å². The minimum atomic E-state index is 0.138. The molecule has 112 valence electrons. The summed E-state index contributed by atoms with van der Waals surface area (Å²) in [7, 11) is 1.74. The van der Waals surface area contributed by atoms with Crippen molar-refractivity contribution in [2.75, 3.05) is 19.4 Å². The van der Waals surface area contributed by atoms with Crippen LogP contribution in [0.15, 0.2) is 4.52 Å². The van der Waals surface area contributed by atoms with Crippen LogP contribution in [0.3, 0.4) is 0 Å². The zero-order chi connectivity index (χ0) is 14.1. The van der Waals surface area contributed by atoms with E-state index >= 15 is 0 Å². The number of nitrogens with zero attached hydrogens (tertiary/aromatic N) is 2. The maximum absolute atomic E-state index is 5.45. The van der Waals surface area contributed by atoms with Gasteiger partial charge in [0, 0.05) is 29.9 Å². The standard InChI is InChI=1S/C13H21N3O2S2/c1-7-8(2)20-11(6-19-7)12-15-13(18-16-12)10-4-9(17-3)5-14-10/h7-11,14H,4-6H2,1-3H3. The number of nitrogens with one attached hydrogen (secondary N) is 1. The first-order chi connectivity index (χ1) is 9.67. The van der Waals surface area contributed by atoms with Gasteiger partial charge in [0.05, 0.1) is 17.4 Å². The lowest BCUT2D eigenvalue weighted by molar-refractivity contribution is 0.116. The van der Waals surface area contributed by atoms with Crippen molar-refractivity contribution in [2.45, 2.75) is 48.2 Å². The van der Waals surface area contributed by atoms with Crippen LogP contribution in [0.2, 0.25) is 0 Å². The van der Waals surface area contributed by atoms with E-state index in [-0.39, 0.29) is 12.1 Å². The van der Waals surface area contributed by atoms with Crippen molar-refractivity contribution in [3.8, 4) is 0 Å². The fraction of sp³-hybridized carbons (Fsp3) is 0.846. The Balaban J connectivity index is 1.65. The number of methoxy groups -OCH3 is 1. The summed E-state index contributed by atoms with van der Waals surface area (Å²) in [6.45, 7) is 5.41. The molecule has 0 aromatic carbocycles. The summed E-state index contributed by atoms with van der Waals surface area (Å²) in [5.41, 5.74) is 0. The number of hydrogen-bond acceptors (Lipinski definition) is 7. The molecule has 2 fully saturated rings. The molecule has 7 heteroatoms. The minimum absolute atomic E-state index is 0.138. The number of aromatic nitrogens is 2. The molecule has 5 atom stereocenters. The first kappa shape index (κ1) is 14.7. The average Bonchev–Trinajstić information content (AvgIpc) is 3.09. The molecular formula is C13H21N3O2S2. The van der Waals surface area contributed by atoms with E-state index in [1.165, 1.54) is 0 Å². The van der Waals surface area contributed by atoms with Crippen LogP contribution in [0.5, 0.6) is 0 Å². The fourth-order valence-corrected chi connectivity index (χ4v) is 5.34. The van der Waals surface area contributed by atoms with Crippen molar-refractivity contribution >= 4 is 23.5 Å². The predicted molar refractivity (Wildman–Crippen MR) is 82.2 cm³/mol. The Labute approximate surface area is 128 Å². The molecule has 3 rings (SSSR count). The van der Waals surface area contributed by atoms with E-state index in [0.717, 1.165) is 24.5 Å². The van der Waals surface area contributed by atoms with Gasteiger partial charge in [0.1, 0.15) is 0 Å². The van der Waals surface area contributed by atoms with Gasteiger partial charge in [0.25, 0.3) is 0 Å². The lowest BCUT2D eigenvalue weighted by Gasteiger charge is -2.29. The SMILES string of the molecule is COC1CNC(c2nc(C3CSC(C)C(C)S3)no2)C1. The molecule has 0 amide bonds. The normalized spacial score (nSPS) is 38.2. The second-order valence-corrected chi connectivity index (χ2v) is 8.41. The maximum Gasteiger partial charge on any atom is 0.243 e. The van der Waals surface area contributed by atoms with E-state index in [1.54, 1.807) is 7.11 Å². The molecule has 0 radical (unpaired) electrons. The molecule has 2 saturated heterocycles. The highest BCUT2D eigenvalue weighted by molar-refractivity contribution is 8.07. The van der Waals surface area contributed by atoms with Crippen molar-refractivity contribution in [3.63, 3.8) is 0 Å². The molecule has 20 heavy (non-hydrogen) atoms. The van der Waals surface area contributed by atoms with Crippen LogP contribution >= 0.6 is 23.5 Å². The van der Waals surface area contributed by atoms with E-state index in [0.29, 0.717) is 21.6 Å². The van der Waals surface area contributed by atoms with E-state index in [2.05, 4.69) is 29.3 Å². The molecule has 0 saturated carbocycles. The zero-order valence-electron chi connectivity index (χ0n) is 12.0. The van der Waals surface area contributed by atoms with E-state index in [9.17, 15) is 0 Å². The van der Waals surface area contributed by atoms with E-state index in [1.807, 2.05) is 23.5 Å². The largest absolute Gasteiger partial charge is 0.380 e. The van der Waals surface area contributed by atoms with Gasteiger partial charge in [0.2, 0.25) is 5.89 Å². The third kappa shape index (κ3) is 3.00. The molecule has 5 nitrogen and oxygen atoms in total. The Morgan fingerprint density at radius 2 is 2.20 bits per heavy atom. The van der Waals surface area contributed by atoms with Crippen LogP contribution in [-0.4, -0.2) is 46.2 Å². The molecule has 0 aliphatic carbocycles. The van der Waals surface area contributed by atoms with Gasteiger partial charge >= 0.3 is 0 Å². The smallest absolute Gasteiger partial charge is 0.243 e. The summed E-state index contributed by atoms with van der Waals surface area (Å²) in [4.78, 5) is 4.61. The highest BCUT2D eigenvalue weighted by Gasteiger charge is 2.33. The van der Waals surface area contributed by atoms with E-state index < -0.39 is 0 Å². The minimum Gasteiger partial charge on any atom is -0.380 e. The molecule has 0 bridgehead atoms. The summed E-state index contributed by atoms with van der Waals surface area (Å²) in [6.07, 6.45) is 1.15. The summed E-state index contributed by atoms with van der Waals surface area (Å²) < 4.78 is 10.8. The Kier molecular flexibility index (Phi) is 4.59. The Hall–Kier alpha value is -0.240. The van der Waals surface area contributed by atoms with Gasteiger partial charge in [0.15, 0.2) is 5.82 Å². The van der Waals surface area contributed by atoms with Crippen LogP contribution in [-0.2, 0) is 4.74 Å². The molecule has 1 aromatic rings. The second-order valence-electron chi connectivity index (χ2n) is 5.41. The summed E-state index contributed by atoms with van der Waals surface area (Å²) in [6, 6.07) is 0.138. The third-order valence-electron chi connectivity index (χ3n) is 4.02. The molecule has 1 aromatic heterocycles. The number of rotatable bonds is 3. The van der Waals surface area contributed by atoms with Crippen molar-refractivity contribution in [3.05, 3.63) is 11.7 Å². The monoisotopic (exact) mass is 315 g/mol. The van der Waals surface area contributed by atoms with E-state index in [4.69, 9.17) is 9.26 Å². The second kappa shape index (κ2) is 6.25. The van der Waals surface area contributed by atoms with Gasteiger partial charge in [-0.3, -0.25) is 0 Å². The van der Waals surface area contributed by atoms with Crippen LogP contribution in [0.4, 0.5) is 0 Å². The Morgan fingerprint density at radius 3 is 2.90 bits per heavy atom. The van der Waals surface area contributed by atoms with Gasteiger partial charge in [-0.15, -0.1) is 11.8 Å². The van der Waals surface area contributed by atoms with Crippen molar-refractivity contribution in [2.24, 2.45) is 0 Å². The number of thioether (sulfide) groups is 2. The fourth-order valence-electron chi connectivity index (χ4n) is 2.51. The van der Waals surface area contributed by atoms with Crippen molar-refractivity contribution in [1.82, 2.24) is 15.5 Å². The summed E-state index contributed by atoms with van der Waals surface area (Å²) in [5, 5.41) is 9.24. The molecule has 2 aliphatic heterocycles. The van der Waals surface area contributed by atoms with Crippen molar-refractivity contribution < 1.29 is 9.26 Å². The maximum atomic E-state index is 5.45. The topological polar surface area (TPSA) is 60.2 Å². The van der Waals surface area contributed by atoms with Crippen LogP contribution in [0.25, 0.3) is 0 Å². The molecular weight excluding hydrogens is 294 g/mol. The van der Waals surface area contributed by atoms with Crippen LogP contribution in [0, 0.1) is 0 Å². The third-order valence-corrected chi connectivity index (χ3v) is 7.40.